The second kappa shape index (κ2) is 7.21. The molecule has 0 spiro atoms. The van der Waals surface area contributed by atoms with Crippen LogP contribution in [0.1, 0.15) is 18.4 Å². The zero-order chi connectivity index (χ0) is 15.4. The molecule has 114 valence electrons. The van der Waals surface area contributed by atoms with Gasteiger partial charge >= 0.3 is 0 Å². The quantitative estimate of drug-likeness (QED) is 0.720. The number of hydrogen-bond donors (Lipinski definition) is 0. The highest BCUT2D eigenvalue weighted by Crippen LogP contribution is 2.30. The average molecular weight is 332 g/mol. The lowest BCUT2D eigenvalue weighted by atomic mass is 10.2. The van der Waals surface area contributed by atoms with E-state index in [1.807, 2.05) is 59.5 Å². The van der Waals surface area contributed by atoms with Crippen molar-refractivity contribution in [1.82, 2.24) is 4.90 Å². The Kier molecular flexibility index (Phi) is 5.06. The molecular formula is C18H18ClNOS. The SMILES string of the molecule is O=C(CSc1ccccc1)N(Cc1ccc(Cl)cc1)C1CC1. The Bertz CT molecular complexity index is 625. The molecule has 4 heteroatoms. The van der Waals surface area contributed by atoms with Gasteiger partial charge in [0.15, 0.2) is 0 Å². The highest BCUT2D eigenvalue weighted by atomic mass is 35.5. The molecule has 1 fully saturated rings. The number of halogens is 1. The normalized spacial score (nSPS) is 13.9. The van der Waals surface area contributed by atoms with E-state index in [2.05, 4.69) is 0 Å². The topological polar surface area (TPSA) is 20.3 Å². The van der Waals surface area contributed by atoms with Crippen molar-refractivity contribution in [3.63, 3.8) is 0 Å². The molecule has 2 aromatic carbocycles. The maximum Gasteiger partial charge on any atom is 0.233 e. The van der Waals surface area contributed by atoms with Crippen LogP contribution in [-0.4, -0.2) is 22.6 Å². The first-order valence-electron chi connectivity index (χ1n) is 7.44. The van der Waals surface area contributed by atoms with E-state index in [9.17, 15) is 4.79 Å². The zero-order valence-corrected chi connectivity index (χ0v) is 13.8. The third-order valence-corrected chi connectivity index (χ3v) is 4.93. The van der Waals surface area contributed by atoms with E-state index in [0.29, 0.717) is 18.3 Å². The van der Waals surface area contributed by atoms with Gasteiger partial charge in [-0.1, -0.05) is 41.9 Å². The van der Waals surface area contributed by atoms with Crippen molar-refractivity contribution in [2.24, 2.45) is 0 Å². The minimum atomic E-state index is 0.214. The molecule has 0 radical (unpaired) electrons. The van der Waals surface area contributed by atoms with E-state index < -0.39 is 0 Å². The number of nitrogens with zero attached hydrogens (tertiary/aromatic N) is 1. The van der Waals surface area contributed by atoms with Crippen LogP contribution in [0, 0.1) is 0 Å². The smallest absolute Gasteiger partial charge is 0.233 e. The fourth-order valence-electron chi connectivity index (χ4n) is 2.34. The van der Waals surface area contributed by atoms with Gasteiger partial charge in [0, 0.05) is 22.5 Å². The lowest BCUT2D eigenvalue weighted by Gasteiger charge is -2.22. The lowest BCUT2D eigenvalue weighted by Crippen LogP contribution is -2.33. The second-order valence-electron chi connectivity index (χ2n) is 5.48. The monoisotopic (exact) mass is 331 g/mol. The minimum Gasteiger partial charge on any atom is -0.335 e. The molecule has 1 aliphatic carbocycles. The molecule has 2 aromatic rings. The number of carbonyl (C=O) groups excluding carboxylic acids is 1. The molecule has 0 heterocycles. The van der Waals surface area contributed by atoms with E-state index in [1.54, 1.807) is 11.8 Å². The molecule has 0 N–H and O–H groups in total. The summed E-state index contributed by atoms with van der Waals surface area (Å²) in [4.78, 5) is 15.7. The summed E-state index contributed by atoms with van der Waals surface area (Å²) >= 11 is 7.52. The van der Waals surface area contributed by atoms with Gasteiger partial charge in [0.05, 0.1) is 5.75 Å². The van der Waals surface area contributed by atoms with Crippen LogP contribution in [0.2, 0.25) is 5.02 Å². The first-order chi connectivity index (χ1) is 10.7. The summed E-state index contributed by atoms with van der Waals surface area (Å²) in [5.74, 6) is 0.708. The number of amides is 1. The molecule has 0 saturated heterocycles. The van der Waals surface area contributed by atoms with Gasteiger partial charge in [0.1, 0.15) is 0 Å². The standard InChI is InChI=1S/C18H18ClNOS/c19-15-8-6-14(7-9-15)12-20(16-10-11-16)18(21)13-22-17-4-2-1-3-5-17/h1-9,16H,10-13H2. The number of thioether (sulfide) groups is 1. The summed E-state index contributed by atoms with van der Waals surface area (Å²) < 4.78 is 0. The van der Waals surface area contributed by atoms with Crippen LogP contribution < -0.4 is 0 Å². The van der Waals surface area contributed by atoms with Crippen molar-refractivity contribution in [2.45, 2.75) is 30.3 Å². The summed E-state index contributed by atoms with van der Waals surface area (Å²) in [7, 11) is 0. The summed E-state index contributed by atoms with van der Waals surface area (Å²) in [6.07, 6.45) is 2.24. The van der Waals surface area contributed by atoms with Crippen molar-refractivity contribution in [3.05, 3.63) is 65.2 Å². The fraction of sp³-hybridized carbons (Fsp3) is 0.278. The van der Waals surface area contributed by atoms with Crippen LogP contribution in [0.4, 0.5) is 0 Å². The van der Waals surface area contributed by atoms with Crippen molar-refractivity contribution in [3.8, 4) is 0 Å². The lowest BCUT2D eigenvalue weighted by molar-refractivity contribution is -0.129. The fourth-order valence-corrected chi connectivity index (χ4v) is 3.27. The Morgan fingerprint density at radius 3 is 2.41 bits per heavy atom. The Labute approximate surface area is 140 Å². The molecule has 22 heavy (non-hydrogen) atoms. The van der Waals surface area contributed by atoms with Crippen molar-refractivity contribution < 1.29 is 4.79 Å². The predicted octanol–water partition coefficient (Wildman–Crippen LogP) is 4.62. The van der Waals surface area contributed by atoms with E-state index in [-0.39, 0.29) is 5.91 Å². The molecule has 0 aliphatic heterocycles. The first kappa shape index (κ1) is 15.4. The van der Waals surface area contributed by atoms with Crippen molar-refractivity contribution in [2.75, 3.05) is 5.75 Å². The Morgan fingerprint density at radius 1 is 1.09 bits per heavy atom. The largest absolute Gasteiger partial charge is 0.335 e. The maximum atomic E-state index is 12.5. The van der Waals surface area contributed by atoms with Gasteiger partial charge in [-0.25, -0.2) is 0 Å². The van der Waals surface area contributed by atoms with Crippen molar-refractivity contribution >= 4 is 29.3 Å². The third-order valence-electron chi connectivity index (χ3n) is 3.68. The van der Waals surface area contributed by atoms with Crippen LogP contribution in [0.5, 0.6) is 0 Å². The minimum absolute atomic E-state index is 0.214. The molecule has 0 aromatic heterocycles. The Balaban J connectivity index is 1.61. The van der Waals surface area contributed by atoms with Crippen LogP contribution in [0.3, 0.4) is 0 Å². The van der Waals surface area contributed by atoms with Gasteiger partial charge in [-0.3, -0.25) is 4.79 Å². The molecule has 0 bridgehead atoms. The summed E-state index contributed by atoms with van der Waals surface area (Å²) in [6, 6.07) is 18.2. The molecule has 3 rings (SSSR count). The van der Waals surface area contributed by atoms with Gasteiger partial charge in [0.25, 0.3) is 0 Å². The summed E-state index contributed by atoms with van der Waals surface area (Å²) in [5, 5.41) is 0.729. The number of benzene rings is 2. The molecule has 0 unspecified atom stereocenters. The van der Waals surface area contributed by atoms with Crippen LogP contribution in [-0.2, 0) is 11.3 Å². The highest BCUT2D eigenvalue weighted by molar-refractivity contribution is 8.00. The van der Waals surface area contributed by atoms with Gasteiger partial charge in [-0.15, -0.1) is 11.8 Å². The van der Waals surface area contributed by atoms with Crippen molar-refractivity contribution in [1.29, 1.82) is 0 Å². The Morgan fingerprint density at radius 2 is 1.77 bits per heavy atom. The zero-order valence-electron chi connectivity index (χ0n) is 12.2. The van der Waals surface area contributed by atoms with Crippen LogP contribution >= 0.6 is 23.4 Å². The van der Waals surface area contributed by atoms with E-state index in [4.69, 9.17) is 11.6 Å². The summed E-state index contributed by atoms with van der Waals surface area (Å²) in [6.45, 7) is 0.677. The molecule has 1 amide bonds. The molecule has 1 saturated carbocycles. The highest BCUT2D eigenvalue weighted by Gasteiger charge is 2.32. The molecule has 1 aliphatic rings. The van der Waals surface area contributed by atoms with Gasteiger partial charge in [-0.2, -0.15) is 0 Å². The first-order valence-corrected chi connectivity index (χ1v) is 8.80. The van der Waals surface area contributed by atoms with E-state index >= 15 is 0 Å². The van der Waals surface area contributed by atoms with Gasteiger partial charge < -0.3 is 4.90 Å². The average Bonchev–Trinajstić information content (AvgIpc) is 3.38. The summed E-state index contributed by atoms with van der Waals surface area (Å²) in [5.41, 5.74) is 1.13. The number of carbonyl (C=O) groups is 1. The number of hydrogen-bond acceptors (Lipinski definition) is 2. The van der Waals surface area contributed by atoms with Gasteiger partial charge in [-0.05, 0) is 42.7 Å². The van der Waals surface area contributed by atoms with E-state index in [0.717, 1.165) is 28.3 Å². The molecule has 2 nitrogen and oxygen atoms in total. The molecular weight excluding hydrogens is 314 g/mol. The van der Waals surface area contributed by atoms with Crippen LogP contribution in [0.25, 0.3) is 0 Å². The van der Waals surface area contributed by atoms with Crippen LogP contribution in [0.15, 0.2) is 59.5 Å². The number of rotatable bonds is 6. The molecule has 0 atom stereocenters. The third kappa shape index (κ3) is 4.28. The van der Waals surface area contributed by atoms with E-state index in [1.165, 1.54) is 0 Å². The second-order valence-corrected chi connectivity index (χ2v) is 6.97. The Hall–Kier alpha value is -1.45. The van der Waals surface area contributed by atoms with Gasteiger partial charge in [0.2, 0.25) is 5.91 Å². The predicted molar refractivity (Wildman–Crippen MR) is 92.2 cm³/mol. The maximum absolute atomic E-state index is 12.5.